The molecule has 0 unspecified atom stereocenters. The molecule has 0 saturated heterocycles. The minimum Gasteiger partial charge on any atom is -0.481 e. The summed E-state index contributed by atoms with van der Waals surface area (Å²) in [5, 5.41) is 23.3. The normalized spacial score (nSPS) is 17.8. The van der Waals surface area contributed by atoms with E-state index >= 15 is 0 Å². The Morgan fingerprint density at radius 2 is 1.69 bits per heavy atom. The molecule has 2 aliphatic carbocycles. The van der Waals surface area contributed by atoms with Gasteiger partial charge in [0, 0.05) is 47.2 Å². The highest BCUT2D eigenvalue weighted by atomic mass is 35.5. The van der Waals surface area contributed by atoms with Crippen molar-refractivity contribution in [3.05, 3.63) is 87.4 Å². The van der Waals surface area contributed by atoms with Crippen molar-refractivity contribution in [2.75, 3.05) is 27.4 Å². The highest BCUT2D eigenvalue weighted by Crippen LogP contribution is 2.44. The first-order valence-electron chi connectivity index (χ1n) is 17.8. The Morgan fingerprint density at radius 1 is 0.962 bits per heavy atom. The number of nitrogens with one attached hydrogen (secondary N) is 1. The van der Waals surface area contributed by atoms with Crippen LogP contribution in [0, 0.1) is 18.3 Å². The van der Waals surface area contributed by atoms with Gasteiger partial charge < -0.3 is 29.7 Å². The Morgan fingerprint density at radius 3 is 2.40 bits per heavy atom. The molecular weight excluding hydrogens is 682 g/mol. The summed E-state index contributed by atoms with van der Waals surface area (Å²) < 4.78 is 17.8. The predicted molar refractivity (Wildman–Crippen MR) is 199 cm³/mol. The second-order valence-electron chi connectivity index (χ2n) is 14.1. The zero-order chi connectivity index (χ0) is 37.0. The van der Waals surface area contributed by atoms with Gasteiger partial charge in [-0.1, -0.05) is 54.1 Å². The number of aliphatic hydroxyl groups is 1. The van der Waals surface area contributed by atoms with Crippen LogP contribution >= 0.6 is 11.6 Å². The first-order valence-corrected chi connectivity index (χ1v) is 18.2. The van der Waals surface area contributed by atoms with Crippen LogP contribution in [0.4, 0.5) is 0 Å². The number of ether oxygens (including phenoxy) is 3. The van der Waals surface area contributed by atoms with Crippen LogP contribution < -0.4 is 19.5 Å². The monoisotopic (exact) mass is 727 g/mol. The molecule has 3 N–H and O–H groups in total. The molecule has 11 heteroatoms. The number of carboxylic acids is 1. The summed E-state index contributed by atoms with van der Waals surface area (Å²) in [4.78, 5) is 32.9. The number of halogens is 1. The molecule has 0 radical (unpaired) electrons. The first-order chi connectivity index (χ1) is 25.0. The fraction of sp³-hybridized carbons (Fsp3) is 0.415. The third kappa shape index (κ3) is 7.79. The molecule has 1 saturated carbocycles. The van der Waals surface area contributed by atoms with Gasteiger partial charge in [0.15, 0.2) is 0 Å². The number of pyridine rings is 2. The van der Waals surface area contributed by atoms with E-state index in [9.17, 15) is 19.8 Å². The van der Waals surface area contributed by atoms with Crippen LogP contribution in [-0.2, 0) is 29.0 Å². The third-order valence-electron chi connectivity index (χ3n) is 10.5. The molecule has 4 aromatic rings. The second-order valence-corrected chi connectivity index (χ2v) is 14.5. The van der Waals surface area contributed by atoms with Gasteiger partial charge in [-0.15, -0.1) is 0 Å². The van der Waals surface area contributed by atoms with Crippen molar-refractivity contribution in [2.24, 2.45) is 11.3 Å². The number of ketones is 1. The Hall–Kier alpha value is -4.51. The van der Waals surface area contributed by atoms with Gasteiger partial charge in [0.2, 0.25) is 17.6 Å². The zero-order valence-corrected chi connectivity index (χ0v) is 30.9. The average Bonchev–Trinajstić information content (AvgIpc) is 3.76. The summed E-state index contributed by atoms with van der Waals surface area (Å²) in [5.41, 5.74) is 6.96. The van der Waals surface area contributed by atoms with Gasteiger partial charge in [0.25, 0.3) is 0 Å². The molecule has 0 aliphatic heterocycles. The van der Waals surface area contributed by atoms with E-state index in [1.165, 1.54) is 19.6 Å². The number of aryl methyl sites for hydroxylation is 2. The summed E-state index contributed by atoms with van der Waals surface area (Å²) in [7, 11) is 3.15. The number of aromatic nitrogens is 2. The Balaban J connectivity index is 1.20. The lowest BCUT2D eigenvalue weighted by Crippen LogP contribution is -2.32. The smallest absolute Gasteiger partial charge is 0.311 e. The fourth-order valence-electron chi connectivity index (χ4n) is 7.25. The zero-order valence-electron chi connectivity index (χ0n) is 30.1. The van der Waals surface area contributed by atoms with Crippen molar-refractivity contribution in [3.8, 4) is 40.0 Å². The Bertz CT molecular complexity index is 1970. The molecule has 10 nitrogen and oxygen atoms in total. The summed E-state index contributed by atoms with van der Waals surface area (Å²) in [5.74, 6) is 1.05. The van der Waals surface area contributed by atoms with Crippen LogP contribution in [0.2, 0.25) is 5.02 Å². The van der Waals surface area contributed by atoms with Gasteiger partial charge >= 0.3 is 5.97 Å². The first kappa shape index (κ1) is 37.3. The predicted octanol–water partition coefficient (Wildman–Crippen LogP) is 7.33. The number of aliphatic carboxylic acids is 1. The number of methoxy groups -OCH3 is 2. The maximum atomic E-state index is 11.7. The number of carboxylic acid groups (broad SMARTS) is 1. The lowest BCUT2D eigenvalue weighted by atomic mass is 9.85. The van der Waals surface area contributed by atoms with Crippen LogP contribution in [0.1, 0.15) is 72.9 Å². The Labute approximate surface area is 309 Å². The molecule has 1 fully saturated rings. The maximum Gasteiger partial charge on any atom is 0.311 e. The lowest BCUT2D eigenvalue weighted by molar-refractivity contribution is -0.150. The molecule has 2 aromatic carbocycles. The Kier molecular flexibility index (Phi) is 11.5. The highest BCUT2D eigenvalue weighted by molar-refractivity contribution is 6.36. The van der Waals surface area contributed by atoms with Crippen LogP contribution in [0.5, 0.6) is 17.6 Å². The van der Waals surface area contributed by atoms with E-state index in [-0.39, 0.29) is 12.5 Å². The average molecular weight is 728 g/mol. The summed E-state index contributed by atoms with van der Waals surface area (Å²) in [6.07, 6.45) is 4.21. The van der Waals surface area contributed by atoms with Crippen molar-refractivity contribution in [3.63, 3.8) is 0 Å². The summed E-state index contributed by atoms with van der Waals surface area (Å²) in [6.45, 7) is 4.37. The molecule has 52 heavy (non-hydrogen) atoms. The molecule has 0 bridgehead atoms. The van der Waals surface area contributed by atoms with Crippen LogP contribution in [0.3, 0.4) is 0 Å². The molecule has 0 amide bonds. The minimum atomic E-state index is -1.26. The number of hydrogen-bond acceptors (Lipinski definition) is 9. The number of rotatable bonds is 15. The molecule has 2 aliphatic rings. The second kappa shape index (κ2) is 16.0. The van der Waals surface area contributed by atoms with E-state index in [0.717, 1.165) is 64.8 Å². The van der Waals surface area contributed by atoms with Gasteiger partial charge in [-0.05, 0) is 87.2 Å². The van der Waals surface area contributed by atoms with Crippen molar-refractivity contribution in [1.29, 1.82) is 0 Å². The van der Waals surface area contributed by atoms with E-state index in [0.29, 0.717) is 65.9 Å². The number of hydrogen-bond donors (Lipinski definition) is 3. The number of benzene rings is 2. The van der Waals surface area contributed by atoms with E-state index in [2.05, 4.69) is 22.4 Å². The number of aliphatic hydroxyl groups excluding tert-OH is 1. The number of carbonyl (C=O) groups excluding carboxylic acids is 1. The lowest BCUT2D eigenvalue weighted by Gasteiger charge is -2.23. The van der Waals surface area contributed by atoms with E-state index in [1.807, 2.05) is 49.4 Å². The molecule has 274 valence electrons. The number of fused-ring (bicyclic) bond motifs is 1. The molecule has 2 aromatic heterocycles. The summed E-state index contributed by atoms with van der Waals surface area (Å²) in [6, 6.07) is 18.1. The van der Waals surface area contributed by atoms with E-state index < -0.39 is 18.0 Å². The third-order valence-corrected chi connectivity index (χ3v) is 10.9. The van der Waals surface area contributed by atoms with Crippen LogP contribution in [0.15, 0.2) is 54.6 Å². The van der Waals surface area contributed by atoms with Crippen molar-refractivity contribution >= 4 is 23.4 Å². The number of Topliss-reactive ketones (excluding diaryl/α,β-unsaturated/α-hetero) is 1. The molecule has 2 heterocycles. The van der Waals surface area contributed by atoms with Crippen molar-refractivity contribution < 1.29 is 34.0 Å². The van der Waals surface area contributed by atoms with Gasteiger partial charge in [0.05, 0.1) is 37.0 Å². The largest absolute Gasteiger partial charge is 0.481 e. The molecule has 6 rings (SSSR count). The maximum absolute atomic E-state index is 11.7. The van der Waals surface area contributed by atoms with E-state index in [1.54, 1.807) is 7.11 Å². The van der Waals surface area contributed by atoms with Gasteiger partial charge in [-0.25, -0.2) is 4.98 Å². The van der Waals surface area contributed by atoms with Crippen molar-refractivity contribution in [2.45, 2.75) is 71.4 Å². The van der Waals surface area contributed by atoms with Crippen LogP contribution in [0.25, 0.3) is 22.4 Å². The highest BCUT2D eigenvalue weighted by Gasteiger charge is 2.33. The van der Waals surface area contributed by atoms with E-state index in [4.69, 9.17) is 30.8 Å². The molecule has 3 atom stereocenters. The molecule has 0 spiro atoms. The minimum absolute atomic E-state index is 0.232. The SMILES string of the molecule is COc1nc(-c2cccc(-c3cccc4c3CC[C@@H]4Oc3nc(OC)c(CC[C@@](C)(CO)C(=O)O)cc3C)c2Cl)ccc1CNC[C@@H]1CCC(=O)C1. The fourth-order valence-corrected chi connectivity index (χ4v) is 7.57. The van der Waals surface area contributed by atoms with Gasteiger partial charge in [0.1, 0.15) is 11.9 Å². The van der Waals surface area contributed by atoms with Crippen molar-refractivity contribution in [1.82, 2.24) is 15.3 Å². The topological polar surface area (TPSA) is 140 Å². The standard InChI is InChI=1S/C41H46ClN3O7/c1-24-19-26(17-18-41(2,23-46)40(48)49)38(50-3)45-37(24)52-35-16-14-30-29(7-5-8-31(30)35)32-9-6-10-33(36(32)42)34-15-12-27(39(44-34)51-4)22-43-21-25-11-13-28(47)20-25/h5-10,12,15,19,25,35,43,46H,11,13-14,16-18,20-23H2,1-4H3,(H,48,49)/t25-,35+,41+/m1/s1. The number of carbonyl (C=O) groups is 2. The summed E-state index contributed by atoms with van der Waals surface area (Å²) >= 11 is 7.18. The number of nitrogens with zero attached hydrogens (tertiary/aromatic N) is 2. The molecular formula is C41H46ClN3O7. The van der Waals surface area contributed by atoms with Crippen LogP contribution in [-0.4, -0.2) is 59.3 Å². The van der Waals surface area contributed by atoms with Gasteiger partial charge in [-0.2, -0.15) is 4.98 Å². The quantitative estimate of drug-likeness (QED) is 0.114. The van der Waals surface area contributed by atoms with Gasteiger partial charge in [-0.3, -0.25) is 9.59 Å².